The van der Waals surface area contributed by atoms with Crippen molar-refractivity contribution >= 4 is 11.9 Å². The van der Waals surface area contributed by atoms with Crippen molar-refractivity contribution in [3.63, 3.8) is 0 Å². The van der Waals surface area contributed by atoms with Gasteiger partial charge in [0, 0.05) is 24.7 Å². The summed E-state index contributed by atoms with van der Waals surface area (Å²) in [6.07, 6.45) is 4.70. The minimum Gasteiger partial charge on any atom is -0.489 e. The van der Waals surface area contributed by atoms with E-state index in [1.807, 2.05) is 29.2 Å². The molecular formula is C24H28N2O4. The van der Waals surface area contributed by atoms with E-state index in [9.17, 15) is 9.59 Å². The summed E-state index contributed by atoms with van der Waals surface area (Å²) in [4.78, 5) is 28.5. The SMILES string of the molecule is O=C(O)c1ccc(COc2ccc(C(=O)N3CCCC3CN3CCCC3)cc2)cc1. The number of carbonyl (C=O) groups is 2. The smallest absolute Gasteiger partial charge is 0.335 e. The van der Waals surface area contributed by atoms with Crippen LogP contribution in [-0.2, 0) is 6.61 Å². The standard InChI is InChI=1S/C24H28N2O4/c27-23(26-15-3-4-21(26)16-25-13-1-2-14-25)19-9-11-22(12-10-19)30-17-18-5-7-20(8-6-18)24(28)29/h5-12,21H,1-4,13-17H2,(H,28,29). The van der Waals surface area contributed by atoms with Gasteiger partial charge in [-0.15, -0.1) is 0 Å². The van der Waals surface area contributed by atoms with Crippen LogP contribution in [0, 0.1) is 0 Å². The fraction of sp³-hybridized carbons (Fsp3) is 0.417. The van der Waals surface area contributed by atoms with Crippen LogP contribution in [0.3, 0.4) is 0 Å². The number of aromatic carboxylic acids is 1. The zero-order chi connectivity index (χ0) is 20.9. The lowest BCUT2D eigenvalue weighted by Gasteiger charge is -2.28. The highest BCUT2D eigenvalue weighted by Crippen LogP contribution is 2.23. The molecule has 6 heteroatoms. The van der Waals surface area contributed by atoms with Crippen LogP contribution in [0.2, 0.25) is 0 Å². The Labute approximate surface area is 177 Å². The Bertz CT molecular complexity index is 873. The minimum absolute atomic E-state index is 0.104. The molecule has 2 aliphatic heterocycles. The Morgan fingerprint density at radius 2 is 1.57 bits per heavy atom. The Morgan fingerprint density at radius 1 is 0.900 bits per heavy atom. The van der Waals surface area contributed by atoms with Gasteiger partial charge in [0.2, 0.25) is 0 Å². The summed E-state index contributed by atoms with van der Waals surface area (Å²) in [5.41, 5.74) is 1.84. The summed E-state index contributed by atoms with van der Waals surface area (Å²) in [6, 6.07) is 14.3. The number of benzene rings is 2. The first-order chi connectivity index (χ1) is 14.6. The molecule has 0 saturated carbocycles. The first-order valence-electron chi connectivity index (χ1n) is 10.7. The van der Waals surface area contributed by atoms with E-state index in [1.54, 1.807) is 24.3 Å². The summed E-state index contributed by atoms with van der Waals surface area (Å²) in [7, 11) is 0. The number of likely N-dealkylation sites (tertiary alicyclic amines) is 2. The fourth-order valence-corrected chi connectivity index (χ4v) is 4.33. The van der Waals surface area contributed by atoms with Gasteiger partial charge in [-0.1, -0.05) is 12.1 Å². The van der Waals surface area contributed by atoms with Crippen LogP contribution in [0.25, 0.3) is 0 Å². The van der Waals surface area contributed by atoms with E-state index in [0.717, 1.165) is 44.6 Å². The third-order valence-corrected chi connectivity index (χ3v) is 6.01. The van der Waals surface area contributed by atoms with Crippen LogP contribution in [0.4, 0.5) is 0 Å². The van der Waals surface area contributed by atoms with Gasteiger partial charge in [0.15, 0.2) is 0 Å². The normalized spacial score (nSPS) is 19.2. The summed E-state index contributed by atoms with van der Waals surface area (Å²) in [5.74, 6) is -0.153. The van der Waals surface area contributed by atoms with Gasteiger partial charge in [-0.05, 0) is 80.7 Å². The molecule has 2 saturated heterocycles. The van der Waals surface area contributed by atoms with E-state index >= 15 is 0 Å². The van der Waals surface area contributed by atoms with Crippen LogP contribution in [-0.4, -0.2) is 59.0 Å². The number of carboxylic acid groups (broad SMARTS) is 1. The molecule has 2 fully saturated rings. The van der Waals surface area contributed by atoms with Crippen molar-refractivity contribution in [1.29, 1.82) is 0 Å². The topological polar surface area (TPSA) is 70.1 Å². The maximum Gasteiger partial charge on any atom is 0.335 e. The Hall–Kier alpha value is -2.86. The fourth-order valence-electron chi connectivity index (χ4n) is 4.33. The average molecular weight is 408 g/mol. The van der Waals surface area contributed by atoms with Gasteiger partial charge in [0.05, 0.1) is 5.56 Å². The Balaban J connectivity index is 1.33. The third kappa shape index (κ3) is 4.82. The Kier molecular flexibility index (Phi) is 6.33. The average Bonchev–Trinajstić information content (AvgIpc) is 3.45. The molecule has 30 heavy (non-hydrogen) atoms. The first kappa shape index (κ1) is 20.4. The van der Waals surface area contributed by atoms with Crippen molar-refractivity contribution in [3.8, 4) is 5.75 Å². The molecule has 1 N–H and O–H groups in total. The van der Waals surface area contributed by atoms with Crippen molar-refractivity contribution in [2.75, 3.05) is 26.2 Å². The number of hydrogen-bond donors (Lipinski definition) is 1. The number of nitrogens with zero attached hydrogens (tertiary/aromatic N) is 2. The second-order valence-electron chi connectivity index (χ2n) is 8.12. The molecule has 1 unspecified atom stereocenters. The number of hydrogen-bond acceptors (Lipinski definition) is 4. The van der Waals surface area contributed by atoms with Crippen LogP contribution in [0.5, 0.6) is 5.75 Å². The van der Waals surface area contributed by atoms with Gasteiger partial charge in [-0.2, -0.15) is 0 Å². The molecule has 4 rings (SSSR count). The Morgan fingerprint density at radius 3 is 2.23 bits per heavy atom. The van der Waals surface area contributed by atoms with E-state index in [1.165, 1.54) is 12.8 Å². The van der Waals surface area contributed by atoms with Gasteiger partial charge >= 0.3 is 5.97 Å². The van der Waals surface area contributed by atoms with Gasteiger partial charge in [0.1, 0.15) is 12.4 Å². The van der Waals surface area contributed by atoms with Gasteiger partial charge < -0.3 is 19.6 Å². The number of carbonyl (C=O) groups excluding carboxylic acids is 1. The second kappa shape index (κ2) is 9.30. The molecule has 0 aromatic heterocycles. The number of rotatable bonds is 7. The zero-order valence-corrected chi connectivity index (χ0v) is 17.1. The monoisotopic (exact) mass is 408 g/mol. The lowest BCUT2D eigenvalue weighted by atomic mass is 10.1. The van der Waals surface area contributed by atoms with Crippen LogP contribution in [0.1, 0.15) is 52.0 Å². The lowest BCUT2D eigenvalue weighted by molar-refractivity contribution is 0.0691. The molecule has 0 bridgehead atoms. The molecule has 2 aromatic rings. The minimum atomic E-state index is -0.941. The predicted molar refractivity (Wildman–Crippen MR) is 114 cm³/mol. The highest BCUT2D eigenvalue weighted by molar-refractivity contribution is 5.94. The molecule has 1 atom stereocenters. The zero-order valence-electron chi connectivity index (χ0n) is 17.1. The van der Waals surface area contributed by atoms with Crippen molar-refractivity contribution < 1.29 is 19.4 Å². The number of ether oxygens (including phenoxy) is 1. The highest BCUT2D eigenvalue weighted by Gasteiger charge is 2.31. The summed E-state index contributed by atoms with van der Waals surface area (Å²) in [5, 5.41) is 8.96. The first-order valence-corrected chi connectivity index (χ1v) is 10.7. The quantitative estimate of drug-likeness (QED) is 0.757. The van der Waals surface area contributed by atoms with E-state index in [-0.39, 0.29) is 11.5 Å². The van der Waals surface area contributed by atoms with Crippen molar-refractivity contribution in [1.82, 2.24) is 9.80 Å². The number of carboxylic acids is 1. The molecule has 0 spiro atoms. The highest BCUT2D eigenvalue weighted by atomic mass is 16.5. The maximum atomic E-state index is 13.0. The van der Waals surface area contributed by atoms with Crippen LogP contribution >= 0.6 is 0 Å². The van der Waals surface area contributed by atoms with Crippen molar-refractivity contribution in [3.05, 3.63) is 65.2 Å². The summed E-state index contributed by atoms with van der Waals surface area (Å²) < 4.78 is 5.78. The van der Waals surface area contributed by atoms with Crippen LogP contribution < -0.4 is 4.74 Å². The third-order valence-electron chi connectivity index (χ3n) is 6.01. The summed E-state index contributed by atoms with van der Waals surface area (Å²) in [6.45, 7) is 4.49. The molecule has 2 heterocycles. The lowest BCUT2D eigenvalue weighted by Crippen LogP contribution is -2.42. The molecular weight excluding hydrogens is 380 g/mol. The molecule has 0 aliphatic carbocycles. The summed E-state index contributed by atoms with van der Waals surface area (Å²) >= 11 is 0. The van der Waals surface area contributed by atoms with Gasteiger partial charge in [-0.3, -0.25) is 4.79 Å². The van der Waals surface area contributed by atoms with E-state index in [4.69, 9.17) is 9.84 Å². The molecule has 2 aliphatic rings. The van der Waals surface area contributed by atoms with E-state index in [0.29, 0.717) is 24.0 Å². The number of amides is 1. The van der Waals surface area contributed by atoms with Crippen molar-refractivity contribution in [2.45, 2.75) is 38.3 Å². The largest absolute Gasteiger partial charge is 0.489 e. The predicted octanol–water partition coefficient (Wildman–Crippen LogP) is 3.66. The second-order valence-corrected chi connectivity index (χ2v) is 8.12. The molecule has 2 aromatic carbocycles. The van der Waals surface area contributed by atoms with Crippen molar-refractivity contribution in [2.24, 2.45) is 0 Å². The molecule has 0 radical (unpaired) electrons. The van der Waals surface area contributed by atoms with Crippen LogP contribution in [0.15, 0.2) is 48.5 Å². The van der Waals surface area contributed by atoms with E-state index < -0.39 is 5.97 Å². The molecule has 1 amide bonds. The molecule has 6 nitrogen and oxygen atoms in total. The van der Waals surface area contributed by atoms with Gasteiger partial charge in [0.25, 0.3) is 5.91 Å². The maximum absolute atomic E-state index is 13.0. The van der Waals surface area contributed by atoms with E-state index in [2.05, 4.69) is 4.90 Å². The van der Waals surface area contributed by atoms with Gasteiger partial charge in [-0.25, -0.2) is 4.79 Å². The molecule has 158 valence electrons.